The van der Waals surface area contributed by atoms with E-state index in [9.17, 15) is 18.4 Å². The molecule has 0 aliphatic heterocycles. The molecule has 1 saturated carbocycles. The first kappa shape index (κ1) is 22.9. The van der Waals surface area contributed by atoms with Crippen LogP contribution in [0.1, 0.15) is 61.1 Å². The fourth-order valence-corrected chi connectivity index (χ4v) is 4.15. The number of carbonyl (C=O) groups excluding carboxylic acids is 1. The summed E-state index contributed by atoms with van der Waals surface area (Å²) in [6.07, 6.45) is 7.38. The smallest absolute Gasteiger partial charge is 0.268 e. The fraction of sp³-hybridized carbons (Fsp3) is 0.348. The van der Waals surface area contributed by atoms with Gasteiger partial charge in [0.15, 0.2) is 17.1 Å². The van der Waals surface area contributed by atoms with E-state index < -0.39 is 17.5 Å². The molecule has 0 unspecified atom stereocenters. The van der Waals surface area contributed by atoms with E-state index in [2.05, 4.69) is 16.9 Å². The molecule has 5 nitrogen and oxygen atoms in total. The highest BCUT2D eigenvalue weighted by atomic mass is 35.5. The van der Waals surface area contributed by atoms with Gasteiger partial charge in [-0.25, -0.2) is 8.78 Å². The molecule has 1 aliphatic carbocycles. The maximum atomic E-state index is 12.4. The van der Waals surface area contributed by atoms with Gasteiger partial charge in [-0.15, -0.1) is 0 Å². The number of hydrogen-bond acceptors (Lipinski definition) is 3. The molecule has 0 bridgehead atoms. The van der Waals surface area contributed by atoms with Gasteiger partial charge >= 0.3 is 0 Å². The average molecular weight is 448 g/mol. The van der Waals surface area contributed by atoms with Crippen LogP contribution >= 0.6 is 11.6 Å². The van der Waals surface area contributed by atoms with E-state index in [1.54, 1.807) is 12.1 Å². The van der Waals surface area contributed by atoms with Crippen molar-refractivity contribution in [3.63, 3.8) is 0 Å². The topological polar surface area (TPSA) is 88.8 Å². The zero-order valence-corrected chi connectivity index (χ0v) is 17.9. The van der Waals surface area contributed by atoms with Crippen LogP contribution in [0.4, 0.5) is 8.78 Å². The monoisotopic (exact) mass is 447 g/mol. The number of halogens is 3. The van der Waals surface area contributed by atoms with Crippen LogP contribution in [0.15, 0.2) is 41.3 Å². The van der Waals surface area contributed by atoms with Crippen LogP contribution in [0, 0.1) is 17.6 Å². The van der Waals surface area contributed by atoms with E-state index in [0.29, 0.717) is 16.8 Å². The predicted molar refractivity (Wildman–Crippen MR) is 117 cm³/mol. The number of rotatable bonds is 3. The number of fused-ring (bicyclic) bond motifs is 1. The van der Waals surface area contributed by atoms with Crippen molar-refractivity contribution in [2.45, 2.75) is 44.9 Å². The number of aromatic nitrogens is 2. The third kappa shape index (κ3) is 5.28. The Bertz CT molecular complexity index is 1120. The normalized spacial score (nSPS) is 18.3. The molecule has 1 aromatic carbocycles. The van der Waals surface area contributed by atoms with Crippen LogP contribution in [-0.4, -0.2) is 15.9 Å². The van der Waals surface area contributed by atoms with Gasteiger partial charge in [0.25, 0.3) is 5.91 Å². The van der Waals surface area contributed by atoms with E-state index in [1.807, 2.05) is 0 Å². The van der Waals surface area contributed by atoms with E-state index in [1.165, 1.54) is 37.6 Å². The maximum Gasteiger partial charge on any atom is 0.268 e. The molecule has 3 N–H and O–H groups in total. The maximum absolute atomic E-state index is 12.4. The fourth-order valence-electron chi connectivity index (χ4n) is 3.99. The van der Waals surface area contributed by atoms with Gasteiger partial charge in [-0.3, -0.25) is 14.6 Å². The lowest BCUT2D eigenvalue weighted by Gasteiger charge is -2.27. The van der Waals surface area contributed by atoms with Crippen molar-refractivity contribution < 1.29 is 13.6 Å². The predicted octanol–water partition coefficient (Wildman–Crippen LogP) is 5.32. The third-order valence-electron chi connectivity index (χ3n) is 5.76. The van der Waals surface area contributed by atoms with Crippen molar-refractivity contribution in [3.8, 4) is 0 Å². The summed E-state index contributed by atoms with van der Waals surface area (Å²) >= 11 is 5.20. The highest BCUT2D eigenvalue weighted by Gasteiger charge is 2.23. The Labute approximate surface area is 183 Å². The third-order valence-corrected chi connectivity index (χ3v) is 6.06. The molecule has 3 aromatic rings. The number of aromatic amines is 1. The number of H-pyrrole nitrogens is 1. The summed E-state index contributed by atoms with van der Waals surface area (Å²) in [6.45, 7) is 2.24. The number of nitrogens with one attached hydrogen (secondary N) is 1. The quantitative estimate of drug-likeness (QED) is 0.532. The first-order valence-electron chi connectivity index (χ1n) is 10.2. The number of carbonyl (C=O) groups is 1. The summed E-state index contributed by atoms with van der Waals surface area (Å²) in [5, 5.41) is 0.107. The van der Waals surface area contributed by atoms with Gasteiger partial charge in [-0.1, -0.05) is 31.0 Å². The summed E-state index contributed by atoms with van der Waals surface area (Å²) in [6, 6.07) is 7.00. The molecule has 31 heavy (non-hydrogen) atoms. The number of hydrogen-bond donors (Lipinski definition) is 2. The van der Waals surface area contributed by atoms with Crippen LogP contribution in [0.5, 0.6) is 0 Å². The summed E-state index contributed by atoms with van der Waals surface area (Å²) < 4.78 is 24.3. The lowest BCUT2D eigenvalue weighted by molar-refractivity contribution is 0.0997. The van der Waals surface area contributed by atoms with E-state index in [-0.39, 0.29) is 16.1 Å². The van der Waals surface area contributed by atoms with Crippen molar-refractivity contribution in [1.29, 1.82) is 0 Å². The Kier molecular flexibility index (Phi) is 7.38. The number of nitrogens with two attached hydrogens (primary N) is 1. The highest BCUT2D eigenvalue weighted by molar-refractivity contribution is 6.30. The molecule has 4 rings (SSSR count). The Hall–Kier alpha value is -2.80. The minimum atomic E-state index is -0.987. The molecule has 1 aliphatic rings. The van der Waals surface area contributed by atoms with Crippen molar-refractivity contribution in [1.82, 2.24) is 9.97 Å². The molecular weight excluding hydrogens is 424 g/mol. The van der Waals surface area contributed by atoms with Crippen molar-refractivity contribution in [2.75, 3.05) is 0 Å². The number of benzene rings is 1. The van der Waals surface area contributed by atoms with Crippen LogP contribution < -0.4 is 11.2 Å². The van der Waals surface area contributed by atoms with E-state index in [0.717, 1.165) is 30.5 Å². The number of nitrogens with zero attached hydrogens (tertiary/aromatic N) is 1. The molecule has 8 heteroatoms. The van der Waals surface area contributed by atoms with Gasteiger partial charge in [0.1, 0.15) is 5.69 Å². The molecule has 164 valence electrons. The van der Waals surface area contributed by atoms with Gasteiger partial charge in [0, 0.05) is 18.0 Å². The first-order chi connectivity index (χ1) is 14.8. The van der Waals surface area contributed by atoms with Gasteiger partial charge in [0.2, 0.25) is 0 Å². The largest absolute Gasteiger partial charge is 0.364 e. The average Bonchev–Trinajstić information content (AvgIpc) is 2.77. The second-order valence-electron chi connectivity index (χ2n) is 7.70. The molecule has 0 saturated heterocycles. The second kappa shape index (κ2) is 10.0. The number of primary amides is 1. The zero-order chi connectivity index (χ0) is 22.5. The summed E-state index contributed by atoms with van der Waals surface area (Å²) in [7, 11) is 0. The molecule has 2 aromatic heterocycles. The SMILES string of the molecule is CCC1CCC(c2cc(=O)c3c(C(N)=O)nccc3[nH]2)CC1.Fc1cccc(Cl)c1F. The molecule has 2 heterocycles. The summed E-state index contributed by atoms with van der Waals surface area (Å²) in [4.78, 5) is 31.1. The lowest BCUT2D eigenvalue weighted by Crippen LogP contribution is -2.20. The molecular formula is C23H24ClF2N3O2. The standard InChI is InChI=1S/C17H21N3O2.C6H3ClF2/c1-2-10-3-5-11(6-4-10)13-9-14(21)15-12(20-13)7-8-19-16(15)17(18)22;7-4-2-1-3-5(8)6(4)9/h7-11H,2-6H2,1H3,(H2,18,22)(H,20,21);1-3H. The van der Waals surface area contributed by atoms with Crippen LogP contribution in [-0.2, 0) is 0 Å². The van der Waals surface area contributed by atoms with Crippen molar-refractivity contribution in [3.05, 3.63) is 74.8 Å². The van der Waals surface area contributed by atoms with E-state index in [4.69, 9.17) is 17.3 Å². The molecule has 1 fully saturated rings. The Morgan fingerprint density at radius 1 is 1.23 bits per heavy atom. The van der Waals surface area contributed by atoms with Gasteiger partial charge in [-0.05, 0) is 55.7 Å². The van der Waals surface area contributed by atoms with Gasteiger partial charge in [0.05, 0.1) is 15.9 Å². The number of pyridine rings is 2. The Balaban J connectivity index is 0.000000254. The summed E-state index contributed by atoms with van der Waals surface area (Å²) in [5.74, 6) is -1.37. The molecule has 1 amide bonds. The van der Waals surface area contributed by atoms with Crippen LogP contribution in [0.2, 0.25) is 5.02 Å². The zero-order valence-electron chi connectivity index (χ0n) is 17.1. The molecule has 0 atom stereocenters. The van der Waals surface area contributed by atoms with Gasteiger partial charge in [-0.2, -0.15) is 0 Å². The minimum Gasteiger partial charge on any atom is -0.364 e. The summed E-state index contributed by atoms with van der Waals surface area (Å²) in [5.41, 5.74) is 6.78. The lowest BCUT2D eigenvalue weighted by atomic mass is 9.79. The molecule has 0 spiro atoms. The van der Waals surface area contributed by atoms with Crippen LogP contribution in [0.25, 0.3) is 10.9 Å². The number of amides is 1. The molecule has 0 radical (unpaired) electrons. The van der Waals surface area contributed by atoms with Crippen molar-refractivity contribution >= 4 is 28.4 Å². The first-order valence-corrected chi connectivity index (χ1v) is 10.6. The van der Waals surface area contributed by atoms with Gasteiger partial charge < -0.3 is 10.7 Å². The Morgan fingerprint density at radius 3 is 2.52 bits per heavy atom. The second-order valence-corrected chi connectivity index (χ2v) is 8.10. The Morgan fingerprint density at radius 2 is 1.94 bits per heavy atom. The highest BCUT2D eigenvalue weighted by Crippen LogP contribution is 2.36. The van der Waals surface area contributed by atoms with Crippen molar-refractivity contribution in [2.24, 2.45) is 11.7 Å². The van der Waals surface area contributed by atoms with E-state index >= 15 is 0 Å². The van der Waals surface area contributed by atoms with Crippen LogP contribution in [0.3, 0.4) is 0 Å². The minimum absolute atomic E-state index is 0.0417.